The molecule has 0 unspecified atom stereocenters. The Bertz CT molecular complexity index is 540. The highest BCUT2D eigenvalue weighted by Gasteiger charge is 2.15. The van der Waals surface area contributed by atoms with Gasteiger partial charge in [-0.05, 0) is 13.0 Å². The fourth-order valence-corrected chi connectivity index (χ4v) is 1.88. The van der Waals surface area contributed by atoms with Crippen LogP contribution in [-0.4, -0.2) is 16.5 Å². The van der Waals surface area contributed by atoms with Crippen molar-refractivity contribution < 1.29 is 0 Å². The first kappa shape index (κ1) is 11.5. The molecule has 0 fully saturated rings. The molecule has 88 valence electrons. The molecule has 0 amide bonds. The van der Waals surface area contributed by atoms with Crippen molar-refractivity contribution in [1.29, 1.82) is 0 Å². The Hall–Kier alpha value is -1.94. The van der Waals surface area contributed by atoms with Gasteiger partial charge in [-0.15, -0.1) is 0 Å². The Kier molecular flexibility index (Phi) is 3.35. The lowest BCUT2D eigenvalue weighted by molar-refractivity contribution is 0.617. The number of nitrogens with zero attached hydrogens (tertiary/aromatic N) is 1. The van der Waals surface area contributed by atoms with Crippen molar-refractivity contribution in [2.24, 2.45) is 0 Å². The number of aromatic amines is 1. The predicted molar refractivity (Wildman–Crippen MR) is 68.6 cm³/mol. The topological polar surface area (TPSA) is 57.8 Å². The lowest BCUT2D eigenvalue weighted by Crippen LogP contribution is -2.31. The summed E-state index contributed by atoms with van der Waals surface area (Å²) in [6.45, 7) is 8.80. The molecule has 0 bridgehead atoms. The lowest BCUT2D eigenvalue weighted by atomic mass is 10.1. The zero-order valence-corrected chi connectivity index (χ0v) is 9.62. The monoisotopic (exact) mass is 229 g/mol. The molecule has 1 aromatic heterocycles. The van der Waals surface area contributed by atoms with Crippen molar-refractivity contribution in [2.45, 2.75) is 13.0 Å². The van der Waals surface area contributed by atoms with Crippen molar-refractivity contribution in [3.8, 4) is 0 Å². The van der Waals surface area contributed by atoms with E-state index in [-0.39, 0.29) is 5.56 Å². The Morgan fingerprint density at radius 3 is 2.94 bits per heavy atom. The van der Waals surface area contributed by atoms with E-state index in [9.17, 15) is 4.79 Å². The molecular formula is C13H15N3O. The SMILES string of the molecule is C=C/C=C(\C=C)c1nc2c(c(=O)[nH]1)CCNC2. The summed E-state index contributed by atoms with van der Waals surface area (Å²) in [5.41, 5.74) is 2.33. The Balaban J connectivity index is 2.54. The summed E-state index contributed by atoms with van der Waals surface area (Å²) in [5, 5.41) is 3.20. The maximum atomic E-state index is 11.9. The summed E-state index contributed by atoms with van der Waals surface area (Å²) >= 11 is 0. The van der Waals surface area contributed by atoms with Crippen LogP contribution >= 0.6 is 0 Å². The van der Waals surface area contributed by atoms with E-state index in [0.29, 0.717) is 12.4 Å². The third-order valence-corrected chi connectivity index (χ3v) is 2.74. The van der Waals surface area contributed by atoms with E-state index in [1.54, 1.807) is 18.2 Å². The molecule has 4 nitrogen and oxygen atoms in total. The van der Waals surface area contributed by atoms with E-state index in [1.165, 1.54) is 0 Å². The average molecular weight is 229 g/mol. The minimum atomic E-state index is -0.0525. The van der Waals surface area contributed by atoms with Crippen molar-refractivity contribution in [3.63, 3.8) is 0 Å². The molecule has 0 saturated carbocycles. The number of aromatic nitrogens is 2. The number of hydrogen-bond donors (Lipinski definition) is 2. The average Bonchev–Trinajstić information content (AvgIpc) is 2.36. The van der Waals surface area contributed by atoms with Gasteiger partial charge in [-0.25, -0.2) is 4.98 Å². The van der Waals surface area contributed by atoms with E-state index < -0.39 is 0 Å². The third kappa shape index (κ3) is 2.26. The van der Waals surface area contributed by atoms with Gasteiger partial charge in [0, 0.05) is 17.7 Å². The van der Waals surface area contributed by atoms with Crippen molar-refractivity contribution in [3.05, 3.63) is 58.8 Å². The molecule has 17 heavy (non-hydrogen) atoms. The number of allylic oxidation sites excluding steroid dienone is 4. The molecule has 1 aliphatic heterocycles. The molecule has 0 radical (unpaired) electrons. The van der Waals surface area contributed by atoms with Crippen LogP contribution < -0.4 is 10.9 Å². The lowest BCUT2D eigenvalue weighted by Gasteiger charge is -2.16. The van der Waals surface area contributed by atoms with Crippen LogP contribution in [0.4, 0.5) is 0 Å². The summed E-state index contributed by atoms with van der Waals surface area (Å²) in [6.07, 6.45) is 5.80. The quantitative estimate of drug-likeness (QED) is 0.765. The van der Waals surface area contributed by atoms with Gasteiger partial charge in [-0.2, -0.15) is 0 Å². The first-order chi connectivity index (χ1) is 8.26. The van der Waals surface area contributed by atoms with Gasteiger partial charge in [-0.1, -0.05) is 31.4 Å². The molecular weight excluding hydrogens is 214 g/mol. The first-order valence-electron chi connectivity index (χ1n) is 5.54. The minimum absolute atomic E-state index is 0.0525. The van der Waals surface area contributed by atoms with E-state index in [0.717, 1.165) is 29.8 Å². The van der Waals surface area contributed by atoms with Crippen LogP contribution in [0.1, 0.15) is 17.1 Å². The molecule has 0 aromatic carbocycles. The fourth-order valence-electron chi connectivity index (χ4n) is 1.88. The van der Waals surface area contributed by atoms with Crippen LogP contribution in [0.2, 0.25) is 0 Å². The fraction of sp³-hybridized carbons (Fsp3) is 0.231. The summed E-state index contributed by atoms with van der Waals surface area (Å²) in [5.74, 6) is 0.548. The maximum absolute atomic E-state index is 11.9. The normalized spacial score (nSPS) is 15.2. The van der Waals surface area contributed by atoms with Crippen molar-refractivity contribution in [1.82, 2.24) is 15.3 Å². The molecule has 2 rings (SSSR count). The molecule has 2 heterocycles. The van der Waals surface area contributed by atoms with Gasteiger partial charge >= 0.3 is 0 Å². The van der Waals surface area contributed by atoms with Crippen LogP contribution in [0.15, 0.2) is 36.2 Å². The highest BCUT2D eigenvalue weighted by molar-refractivity contribution is 5.70. The second-order valence-corrected chi connectivity index (χ2v) is 3.83. The standard InChI is InChI=1S/C13H15N3O/c1-3-5-9(4-2)12-15-11-8-14-7-6-10(11)13(17)16-12/h3-5,14H,1-2,6-8H2,(H,15,16,17)/b9-5+. The van der Waals surface area contributed by atoms with Gasteiger partial charge in [0.1, 0.15) is 5.82 Å². The molecule has 4 heteroatoms. The second kappa shape index (κ2) is 4.93. The van der Waals surface area contributed by atoms with Crippen molar-refractivity contribution >= 4 is 5.57 Å². The van der Waals surface area contributed by atoms with E-state index >= 15 is 0 Å². The molecule has 2 N–H and O–H groups in total. The van der Waals surface area contributed by atoms with Gasteiger partial charge in [0.05, 0.1) is 5.69 Å². The minimum Gasteiger partial charge on any atom is -0.311 e. The smallest absolute Gasteiger partial charge is 0.254 e. The molecule has 0 saturated heterocycles. The summed E-state index contributed by atoms with van der Waals surface area (Å²) in [7, 11) is 0. The summed E-state index contributed by atoms with van der Waals surface area (Å²) in [4.78, 5) is 19.1. The Morgan fingerprint density at radius 1 is 1.41 bits per heavy atom. The Morgan fingerprint density at radius 2 is 2.24 bits per heavy atom. The molecule has 0 atom stereocenters. The van der Waals surface area contributed by atoms with Crippen LogP contribution in [0.5, 0.6) is 0 Å². The number of hydrogen-bond acceptors (Lipinski definition) is 3. The van der Waals surface area contributed by atoms with E-state index in [4.69, 9.17) is 0 Å². The zero-order valence-electron chi connectivity index (χ0n) is 9.62. The molecule has 1 aromatic rings. The Labute approximate surface area is 99.8 Å². The van der Waals surface area contributed by atoms with E-state index in [1.807, 2.05) is 0 Å². The number of rotatable bonds is 3. The van der Waals surface area contributed by atoms with Gasteiger partial charge in [0.15, 0.2) is 0 Å². The van der Waals surface area contributed by atoms with Crippen molar-refractivity contribution in [2.75, 3.05) is 6.54 Å². The number of H-pyrrole nitrogens is 1. The van der Waals surface area contributed by atoms with Gasteiger partial charge in [-0.3, -0.25) is 4.79 Å². The highest BCUT2D eigenvalue weighted by Crippen LogP contribution is 2.13. The van der Waals surface area contributed by atoms with Crippen LogP contribution in [0.3, 0.4) is 0 Å². The van der Waals surface area contributed by atoms with Crippen LogP contribution in [-0.2, 0) is 13.0 Å². The van der Waals surface area contributed by atoms with Crippen LogP contribution in [0.25, 0.3) is 5.57 Å². The summed E-state index contributed by atoms with van der Waals surface area (Å²) < 4.78 is 0. The number of fused-ring (bicyclic) bond motifs is 1. The molecule has 0 spiro atoms. The largest absolute Gasteiger partial charge is 0.311 e. The summed E-state index contributed by atoms with van der Waals surface area (Å²) in [6, 6.07) is 0. The van der Waals surface area contributed by atoms with Gasteiger partial charge < -0.3 is 10.3 Å². The van der Waals surface area contributed by atoms with Gasteiger partial charge in [0.25, 0.3) is 5.56 Å². The predicted octanol–water partition coefficient (Wildman–Crippen LogP) is 1.17. The zero-order chi connectivity index (χ0) is 12.3. The number of nitrogens with one attached hydrogen (secondary N) is 2. The maximum Gasteiger partial charge on any atom is 0.254 e. The van der Waals surface area contributed by atoms with E-state index in [2.05, 4.69) is 28.4 Å². The third-order valence-electron chi connectivity index (χ3n) is 2.74. The second-order valence-electron chi connectivity index (χ2n) is 3.83. The highest BCUT2D eigenvalue weighted by atomic mass is 16.1. The first-order valence-corrected chi connectivity index (χ1v) is 5.54. The van der Waals surface area contributed by atoms with Crippen LogP contribution in [0, 0.1) is 0 Å². The molecule has 1 aliphatic rings. The molecule has 0 aliphatic carbocycles. The van der Waals surface area contributed by atoms with Gasteiger partial charge in [0.2, 0.25) is 0 Å².